The van der Waals surface area contributed by atoms with Crippen LogP contribution >= 0.6 is 0 Å². The number of nitrogens with zero attached hydrogens (tertiary/aromatic N) is 2. The van der Waals surface area contributed by atoms with Gasteiger partial charge < -0.3 is 15.4 Å². The molecule has 2 heterocycles. The fourth-order valence-electron chi connectivity index (χ4n) is 4.19. The van der Waals surface area contributed by atoms with Crippen molar-refractivity contribution in [2.75, 3.05) is 25.5 Å². The Balaban J connectivity index is 1.52. The number of nitrogens with one attached hydrogen (secondary N) is 2. The molecule has 0 unspecified atom stereocenters. The van der Waals surface area contributed by atoms with E-state index in [1.165, 1.54) is 12.1 Å². The van der Waals surface area contributed by atoms with Gasteiger partial charge in [0.2, 0.25) is 0 Å². The number of carbonyl (C=O) groups excluding carboxylic acids is 1. The monoisotopic (exact) mass is 486 g/mol. The summed E-state index contributed by atoms with van der Waals surface area (Å²) in [6.45, 7) is 6.87. The van der Waals surface area contributed by atoms with Crippen molar-refractivity contribution >= 4 is 22.5 Å². The molecule has 2 aromatic carbocycles. The highest BCUT2D eigenvalue weighted by atomic mass is 19.1. The van der Waals surface area contributed by atoms with Crippen molar-refractivity contribution in [2.45, 2.75) is 33.6 Å². The van der Waals surface area contributed by atoms with E-state index in [4.69, 9.17) is 14.7 Å². The number of carbonyl (C=O) groups is 1. The fourth-order valence-corrected chi connectivity index (χ4v) is 4.19. The third-order valence-corrected chi connectivity index (χ3v) is 6.03. The summed E-state index contributed by atoms with van der Waals surface area (Å²) in [5.74, 6) is 0.228. The van der Waals surface area contributed by atoms with Gasteiger partial charge in [0.1, 0.15) is 17.3 Å². The highest BCUT2D eigenvalue weighted by Crippen LogP contribution is 2.32. The predicted molar refractivity (Wildman–Crippen MR) is 142 cm³/mol. The highest BCUT2D eigenvalue weighted by Gasteiger charge is 2.15. The van der Waals surface area contributed by atoms with Gasteiger partial charge in [-0.15, -0.1) is 0 Å². The number of hydrogen-bond acceptors (Lipinski definition) is 5. The lowest BCUT2D eigenvalue weighted by Crippen LogP contribution is -2.26. The summed E-state index contributed by atoms with van der Waals surface area (Å²) in [6, 6.07) is 15.9. The number of rotatable bonds is 9. The molecule has 186 valence electrons. The predicted octanol–water partition coefficient (Wildman–Crippen LogP) is 5.72. The molecule has 0 spiro atoms. The van der Waals surface area contributed by atoms with E-state index in [2.05, 4.69) is 17.6 Å². The summed E-state index contributed by atoms with van der Waals surface area (Å²) in [5, 5.41) is 7.08. The molecule has 0 fully saturated rings. The molecule has 0 aliphatic heterocycles. The number of benzene rings is 2. The minimum absolute atomic E-state index is 0.158. The van der Waals surface area contributed by atoms with E-state index in [0.717, 1.165) is 45.5 Å². The van der Waals surface area contributed by atoms with Gasteiger partial charge in [-0.05, 0) is 74.4 Å². The summed E-state index contributed by atoms with van der Waals surface area (Å²) in [6.07, 6.45) is 1.39. The number of pyridine rings is 2. The molecule has 0 saturated carbocycles. The van der Waals surface area contributed by atoms with Gasteiger partial charge in [0.15, 0.2) is 0 Å². The Morgan fingerprint density at radius 3 is 2.47 bits per heavy atom. The van der Waals surface area contributed by atoms with E-state index in [1.807, 2.05) is 51.2 Å². The Morgan fingerprint density at radius 2 is 1.78 bits per heavy atom. The van der Waals surface area contributed by atoms with Crippen molar-refractivity contribution in [3.63, 3.8) is 0 Å². The van der Waals surface area contributed by atoms with Crippen LogP contribution in [0.2, 0.25) is 0 Å². The quantitative estimate of drug-likeness (QED) is 0.316. The molecule has 1 amide bonds. The van der Waals surface area contributed by atoms with Gasteiger partial charge in [0, 0.05) is 47.9 Å². The lowest BCUT2D eigenvalue weighted by Gasteiger charge is -2.15. The third kappa shape index (κ3) is 5.46. The maximum atomic E-state index is 13.5. The topological polar surface area (TPSA) is 76.1 Å². The Hall–Kier alpha value is -4.00. The Morgan fingerprint density at radius 1 is 1.00 bits per heavy atom. The zero-order valence-corrected chi connectivity index (χ0v) is 21.1. The SMILES string of the molecule is CCOc1c(C)cc(CCNC(=O)c2cc(NC)c3nc(CC)ccc3c2)nc1-c1ccc(F)cc1. The number of halogens is 1. The highest BCUT2D eigenvalue weighted by molar-refractivity contribution is 6.02. The van der Waals surface area contributed by atoms with Crippen molar-refractivity contribution in [1.29, 1.82) is 0 Å². The van der Waals surface area contributed by atoms with Crippen molar-refractivity contribution in [2.24, 2.45) is 0 Å². The van der Waals surface area contributed by atoms with E-state index in [9.17, 15) is 9.18 Å². The van der Waals surface area contributed by atoms with E-state index >= 15 is 0 Å². The summed E-state index contributed by atoms with van der Waals surface area (Å²) < 4.78 is 19.3. The fraction of sp³-hybridized carbons (Fsp3) is 0.276. The second kappa shape index (κ2) is 11.2. The standard InChI is InChI=1S/C29H31FN4O2/c1-5-23-12-9-20-16-21(17-25(31-4)26(20)33-23)29(35)32-14-13-24-15-18(3)28(36-6-2)27(34-24)19-7-10-22(30)11-8-19/h7-12,15-17,31H,5-6,13-14H2,1-4H3,(H,32,35). The zero-order valence-electron chi connectivity index (χ0n) is 21.1. The molecule has 6 nitrogen and oxygen atoms in total. The van der Waals surface area contributed by atoms with Gasteiger partial charge >= 0.3 is 0 Å². The molecule has 4 rings (SSSR count). The van der Waals surface area contributed by atoms with Crippen LogP contribution in [0.5, 0.6) is 5.75 Å². The minimum Gasteiger partial charge on any atom is -0.491 e. The number of ether oxygens (including phenoxy) is 1. The van der Waals surface area contributed by atoms with Gasteiger partial charge in [0.05, 0.1) is 17.8 Å². The molecule has 0 aliphatic carbocycles. The molecular weight excluding hydrogens is 455 g/mol. The Kier molecular flexibility index (Phi) is 7.78. The Labute approximate surface area is 210 Å². The van der Waals surface area contributed by atoms with Gasteiger partial charge in [-0.3, -0.25) is 9.78 Å². The molecule has 2 N–H and O–H groups in total. The summed E-state index contributed by atoms with van der Waals surface area (Å²) >= 11 is 0. The molecule has 2 aromatic heterocycles. The van der Waals surface area contributed by atoms with Crippen molar-refractivity contribution < 1.29 is 13.9 Å². The largest absolute Gasteiger partial charge is 0.491 e. The van der Waals surface area contributed by atoms with E-state index < -0.39 is 0 Å². The molecule has 0 saturated heterocycles. The number of amides is 1. The lowest BCUT2D eigenvalue weighted by atomic mass is 10.1. The molecule has 0 atom stereocenters. The number of fused-ring (bicyclic) bond motifs is 1. The van der Waals surface area contributed by atoms with Gasteiger partial charge in [0.25, 0.3) is 5.91 Å². The average Bonchev–Trinajstić information content (AvgIpc) is 2.89. The third-order valence-electron chi connectivity index (χ3n) is 6.03. The first-order chi connectivity index (χ1) is 17.4. The van der Waals surface area contributed by atoms with Crippen molar-refractivity contribution in [3.05, 3.63) is 82.9 Å². The Bertz CT molecular complexity index is 1390. The second-order valence-electron chi connectivity index (χ2n) is 8.56. The minimum atomic E-state index is -0.302. The van der Waals surface area contributed by atoms with Crippen LogP contribution in [-0.2, 0) is 12.8 Å². The van der Waals surface area contributed by atoms with Crippen LogP contribution in [0.1, 0.15) is 41.2 Å². The van der Waals surface area contributed by atoms with Crippen LogP contribution in [0.4, 0.5) is 10.1 Å². The van der Waals surface area contributed by atoms with Crippen LogP contribution in [0.25, 0.3) is 22.2 Å². The smallest absolute Gasteiger partial charge is 0.251 e. The first kappa shape index (κ1) is 25.1. The molecule has 4 aromatic rings. The van der Waals surface area contributed by atoms with Crippen LogP contribution in [0, 0.1) is 12.7 Å². The molecule has 36 heavy (non-hydrogen) atoms. The molecule has 7 heteroatoms. The van der Waals surface area contributed by atoms with Crippen molar-refractivity contribution in [3.8, 4) is 17.0 Å². The maximum Gasteiger partial charge on any atom is 0.251 e. The number of aromatic nitrogens is 2. The number of aryl methyl sites for hydroxylation is 2. The van der Waals surface area contributed by atoms with Gasteiger partial charge in [-0.1, -0.05) is 13.0 Å². The number of anilines is 1. The second-order valence-corrected chi connectivity index (χ2v) is 8.56. The van der Waals surface area contributed by atoms with E-state index in [-0.39, 0.29) is 11.7 Å². The van der Waals surface area contributed by atoms with E-state index in [1.54, 1.807) is 12.1 Å². The molecule has 0 bridgehead atoms. The van der Waals surface area contributed by atoms with Gasteiger partial charge in [-0.25, -0.2) is 9.37 Å². The van der Waals surface area contributed by atoms with Crippen LogP contribution in [-0.4, -0.2) is 36.1 Å². The summed E-state index contributed by atoms with van der Waals surface area (Å²) in [7, 11) is 1.83. The first-order valence-electron chi connectivity index (χ1n) is 12.2. The van der Waals surface area contributed by atoms with E-state index in [0.29, 0.717) is 36.6 Å². The van der Waals surface area contributed by atoms with Crippen molar-refractivity contribution in [1.82, 2.24) is 15.3 Å². The van der Waals surface area contributed by atoms with Gasteiger partial charge in [-0.2, -0.15) is 0 Å². The van der Waals surface area contributed by atoms with Crippen LogP contribution in [0.3, 0.4) is 0 Å². The first-order valence-corrected chi connectivity index (χ1v) is 12.2. The molecule has 0 radical (unpaired) electrons. The number of hydrogen-bond donors (Lipinski definition) is 2. The van der Waals surface area contributed by atoms with Crippen LogP contribution < -0.4 is 15.4 Å². The normalized spacial score (nSPS) is 10.9. The average molecular weight is 487 g/mol. The lowest BCUT2D eigenvalue weighted by molar-refractivity contribution is 0.0954. The zero-order chi connectivity index (χ0) is 25.7. The molecular formula is C29H31FN4O2. The van der Waals surface area contributed by atoms with Crippen LogP contribution in [0.15, 0.2) is 54.6 Å². The summed E-state index contributed by atoms with van der Waals surface area (Å²) in [5.41, 5.74) is 6.47. The maximum absolute atomic E-state index is 13.5. The molecule has 0 aliphatic rings. The summed E-state index contributed by atoms with van der Waals surface area (Å²) in [4.78, 5) is 22.5.